The first-order chi connectivity index (χ1) is 8.34. The predicted molar refractivity (Wildman–Crippen MR) is 74.3 cm³/mol. The summed E-state index contributed by atoms with van der Waals surface area (Å²) in [5, 5.41) is 7.56. The van der Waals surface area contributed by atoms with Gasteiger partial charge in [0.15, 0.2) is 0 Å². The van der Waals surface area contributed by atoms with Gasteiger partial charge in [-0.3, -0.25) is 0 Å². The van der Waals surface area contributed by atoms with E-state index in [0.29, 0.717) is 6.04 Å². The van der Waals surface area contributed by atoms with Crippen LogP contribution in [0.1, 0.15) is 71.1 Å². The molecular weight excluding hydrogens is 208 g/mol. The maximum atomic E-state index is 3.85. The first-order valence-corrected chi connectivity index (χ1v) is 7.84. The smallest absolute Gasteiger partial charge is 0.00817 e. The molecule has 0 aromatic rings. The summed E-state index contributed by atoms with van der Waals surface area (Å²) in [6, 6.07) is 2.27. The number of hydrogen-bond donors (Lipinski definition) is 2. The van der Waals surface area contributed by atoms with E-state index in [-0.39, 0.29) is 0 Å². The molecule has 17 heavy (non-hydrogen) atoms. The minimum atomic E-state index is 0.689. The minimum absolute atomic E-state index is 0.689. The summed E-state index contributed by atoms with van der Waals surface area (Å²) < 4.78 is 0. The van der Waals surface area contributed by atoms with Crippen LogP contribution in [0.5, 0.6) is 0 Å². The maximum absolute atomic E-state index is 3.85. The van der Waals surface area contributed by atoms with Gasteiger partial charge in [-0.25, -0.2) is 0 Å². The number of nitrogens with one attached hydrogen (secondary N) is 2. The third kappa shape index (κ3) is 4.97. The Hall–Kier alpha value is -0.0800. The minimum Gasteiger partial charge on any atom is -0.314 e. The van der Waals surface area contributed by atoms with Crippen LogP contribution in [0.2, 0.25) is 0 Å². The van der Waals surface area contributed by atoms with Crippen molar-refractivity contribution in [3.63, 3.8) is 0 Å². The highest BCUT2D eigenvalue weighted by atomic mass is 15.0. The van der Waals surface area contributed by atoms with Crippen molar-refractivity contribution < 1.29 is 0 Å². The van der Waals surface area contributed by atoms with Crippen molar-refractivity contribution in [2.24, 2.45) is 0 Å². The van der Waals surface area contributed by atoms with Crippen molar-refractivity contribution >= 4 is 0 Å². The lowest BCUT2D eigenvalue weighted by molar-refractivity contribution is 0.316. The Morgan fingerprint density at radius 2 is 1.71 bits per heavy atom. The van der Waals surface area contributed by atoms with E-state index in [0.717, 1.165) is 12.1 Å². The van der Waals surface area contributed by atoms with Crippen LogP contribution in [-0.4, -0.2) is 24.7 Å². The molecule has 0 spiro atoms. The molecule has 2 nitrogen and oxygen atoms in total. The van der Waals surface area contributed by atoms with Gasteiger partial charge in [-0.2, -0.15) is 0 Å². The molecule has 2 heteroatoms. The van der Waals surface area contributed by atoms with Gasteiger partial charge >= 0.3 is 0 Å². The Kier molecular flexibility index (Phi) is 5.79. The zero-order valence-corrected chi connectivity index (χ0v) is 11.5. The van der Waals surface area contributed by atoms with E-state index < -0.39 is 0 Å². The lowest BCUT2D eigenvalue weighted by Gasteiger charge is -2.28. The zero-order valence-electron chi connectivity index (χ0n) is 11.5. The van der Waals surface area contributed by atoms with E-state index >= 15 is 0 Å². The van der Waals surface area contributed by atoms with Crippen molar-refractivity contribution in [3.05, 3.63) is 0 Å². The van der Waals surface area contributed by atoms with Gasteiger partial charge in [0, 0.05) is 18.1 Å². The van der Waals surface area contributed by atoms with Crippen LogP contribution in [-0.2, 0) is 0 Å². The summed E-state index contributed by atoms with van der Waals surface area (Å²) in [4.78, 5) is 0. The topological polar surface area (TPSA) is 24.1 Å². The van der Waals surface area contributed by atoms with Crippen molar-refractivity contribution in [1.29, 1.82) is 0 Å². The maximum Gasteiger partial charge on any atom is 0.00817 e. The molecule has 1 aliphatic carbocycles. The molecular formula is C15H30N2. The van der Waals surface area contributed by atoms with Crippen molar-refractivity contribution in [1.82, 2.24) is 10.6 Å². The monoisotopic (exact) mass is 238 g/mol. The quantitative estimate of drug-likeness (QED) is 0.786. The third-order valence-corrected chi connectivity index (χ3v) is 4.43. The molecule has 1 saturated heterocycles. The van der Waals surface area contributed by atoms with Crippen LogP contribution in [0.3, 0.4) is 0 Å². The average Bonchev–Trinajstić information content (AvgIpc) is 2.59. The number of rotatable bonds is 4. The fourth-order valence-electron chi connectivity index (χ4n) is 3.47. The van der Waals surface area contributed by atoms with E-state index in [1.54, 1.807) is 0 Å². The molecule has 100 valence electrons. The van der Waals surface area contributed by atoms with Gasteiger partial charge in [0.25, 0.3) is 0 Å². The van der Waals surface area contributed by atoms with Crippen LogP contribution in [0.25, 0.3) is 0 Å². The molecule has 1 saturated carbocycles. The lowest BCUT2D eigenvalue weighted by atomic mass is 9.94. The lowest BCUT2D eigenvalue weighted by Crippen LogP contribution is -2.42. The Morgan fingerprint density at radius 3 is 2.53 bits per heavy atom. The summed E-state index contributed by atoms with van der Waals surface area (Å²) in [6.07, 6.45) is 14.1. The first-order valence-electron chi connectivity index (χ1n) is 7.84. The Bertz CT molecular complexity index is 191. The molecule has 0 aromatic heterocycles. The second kappa shape index (κ2) is 7.38. The SMILES string of the molecule is CC(CC1CCCCCN1)NC1CCCCC1. The Morgan fingerprint density at radius 1 is 1.00 bits per heavy atom. The molecule has 2 aliphatic rings. The third-order valence-electron chi connectivity index (χ3n) is 4.43. The second-order valence-electron chi connectivity index (χ2n) is 6.14. The summed E-state index contributed by atoms with van der Waals surface area (Å²) in [5.74, 6) is 0. The van der Waals surface area contributed by atoms with Crippen LogP contribution < -0.4 is 10.6 Å². The molecule has 2 fully saturated rings. The highest BCUT2D eigenvalue weighted by molar-refractivity contribution is 4.80. The van der Waals surface area contributed by atoms with Crippen molar-refractivity contribution in [2.45, 2.75) is 89.3 Å². The summed E-state index contributed by atoms with van der Waals surface area (Å²) in [7, 11) is 0. The highest BCUT2D eigenvalue weighted by Gasteiger charge is 2.18. The van der Waals surface area contributed by atoms with Crippen molar-refractivity contribution in [3.8, 4) is 0 Å². The second-order valence-corrected chi connectivity index (χ2v) is 6.14. The zero-order chi connectivity index (χ0) is 11.9. The normalized spacial score (nSPS) is 29.8. The molecule has 2 unspecified atom stereocenters. The molecule has 0 bridgehead atoms. The molecule has 0 radical (unpaired) electrons. The van der Waals surface area contributed by atoms with Gasteiger partial charge in [-0.05, 0) is 45.6 Å². The van der Waals surface area contributed by atoms with Gasteiger partial charge < -0.3 is 10.6 Å². The van der Waals surface area contributed by atoms with Crippen LogP contribution in [0.15, 0.2) is 0 Å². The van der Waals surface area contributed by atoms with E-state index in [2.05, 4.69) is 17.6 Å². The van der Waals surface area contributed by atoms with Crippen LogP contribution in [0.4, 0.5) is 0 Å². The van der Waals surface area contributed by atoms with Gasteiger partial charge in [0.05, 0.1) is 0 Å². The van der Waals surface area contributed by atoms with Crippen LogP contribution >= 0.6 is 0 Å². The molecule has 1 aliphatic heterocycles. The first kappa shape index (κ1) is 13.4. The largest absolute Gasteiger partial charge is 0.314 e. The predicted octanol–water partition coefficient (Wildman–Crippen LogP) is 3.22. The van der Waals surface area contributed by atoms with E-state index in [1.165, 1.54) is 70.8 Å². The Labute approximate surface area is 107 Å². The fourth-order valence-corrected chi connectivity index (χ4v) is 3.47. The molecule has 2 N–H and O–H groups in total. The summed E-state index contributed by atoms with van der Waals surface area (Å²) in [5.41, 5.74) is 0. The molecule has 1 heterocycles. The summed E-state index contributed by atoms with van der Waals surface area (Å²) >= 11 is 0. The van der Waals surface area contributed by atoms with Gasteiger partial charge in [0.2, 0.25) is 0 Å². The van der Waals surface area contributed by atoms with Gasteiger partial charge in [-0.15, -0.1) is 0 Å². The van der Waals surface area contributed by atoms with Gasteiger partial charge in [-0.1, -0.05) is 32.1 Å². The number of hydrogen-bond acceptors (Lipinski definition) is 2. The molecule has 0 amide bonds. The van der Waals surface area contributed by atoms with Crippen LogP contribution in [0, 0.1) is 0 Å². The Balaban J connectivity index is 1.66. The van der Waals surface area contributed by atoms with Crippen molar-refractivity contribution in [2.75, 3.05) is 6.54 Å². The average molecular weight is 238 g/mol. The molecule has 0 aromatic carbocycles. The van der Waals surface area contributed by atoms with Gasteiger partial charge in [0.1, 0.15) is 0 Å². The molecule has 2 atom stereocenters. The molecule has 2 rings (SSSR count). The highest BCUT2D eigenvalue weighted by Crippen LogP contribution is 2.19. The van der Waals surface area contributed by atoms with E-state index in [9.17, 15) is 0 Å². The standard InChI is InChI=1S/C15H30N2/c1-13(17-14-8-4-2-5-9-14)12-15-10-6-3-7-11-16-15/h13-17H,2-12H2,1H3. The van der Waals surface area contributed by atoms with E-state index in [4.69, 9.17) is 0 Å². The van der Waals surface area contributed by atoms with E-state index in [1.807, 2.05) is 0 Å². The summed E-state index contributed by atoms with van der Waals surface area (Å²) in [6.45, 7) is 3.61. The fraction of sp³-hybridized carbons (Fsp3) is 1.00.